The van der Waals surface area contributed by atoms with Crippen LogP contribution in [0.4, 0.5) is 5.69 Å². The molecule has 1 aliphatic rings. The summed E-state index contributed by atoms with van der Waals surface area (Å²) in [5, 5.41) is 0.449. The van der Waals surface area contributed by atoms with Crippen molar-refractivity contribution in [3.8, 4) is 0 Å². The average Bonchev–Trinajstić information content (AvgIpc) is 2.49. The first kappa shape index (κ1) is 16.3. The molecule has 0 aliphatic carbocycles. The lowest BCUT2D eigenvalue weighted by atomic mass is 10.2. The maximum Gasteiger partial charge on any atom is 0.340 e. The van der Waals surface area contributed by atoms with Crippen LogP contribution in [0.25, 0.3) is 0 Å². The van der Waals surface area contributed by atoms with Gasteiger partial charge >= 0.3 is 5.97 Å². The number of esters is 1. The van der Waals surface area contributed by atoms with Gasteiger partial charge in [-0.3, -0.25) is 0 Å². The molecule has 1 heterocycles. The van der Waals surface area contributed by atoms with Crippen LogP contribution in [0.1, 0.15) is 17.3 Å². The van der Waals surface area contributed by atoms with Crippen molar-refractivity contribution in [2.45, 2.75) is 6.92 Å². The van der Waals surface area contributed by atoms with Crippen LogP contribution in [0.3, 0.4) is 0 Å². The van der Waals surface area contributed by atoms with Crippen LogP contribution in [0.5, 0.6) is 0 Å². The van der Waals surface area contributed by atoms with E-state index in [9.17, 15) is 4.79 Å². The number of halogens is 2. The second kappa shape index (κ2) is 7.24. The minimum atomic E-state index is -0.466. The van der Waals surface area contributed by atoms with Crippen LogP contribution < -0.4 is 0 Å². The summed E-state index contributed by atoms with van der Waals surface area (Å²) < 4.78 is 10.8. The number of hydrogen-bond acceptors (Lipinski definition) is 4. The molecular formula is C14H16BrClN2O3. The van der Waals surface area contributed by atoms with Gasteiger partial charge in [-0.1, -0.05) is 11.6 Å². The van der Waals surface area contributed by atoms with Crippen LogP contribution in [0.2, 0.25) is 5.02 Å². The molecule has 1 aromatic rings. The van der Waals surface area contributed by atoms with Gasteiger partial charge in [0, 0.05) is 22.6 Å². The van der Waals surface area contributed by atoms with Crippen molar-refractivity contribution in [3.63, 3.8) is 0 Å². The Hall–Kier alpha value is -1.11. The van der Waals surface area contributed by atoms with Crippen molar-refractivity contribution >= 4 is 45.0 Å². The Morgan fingerprint density at radius 3 is 2.71 bits per heavy atom. The fourth-order valence-electron chi connectivity index (χ4n) is 2.06. The first-order valence-corrected chi connectivity index (χ1v) is 7.65. The summed E-state index contributed by atoms with van der Waals surface area (Å²) in [6, 6.07) is 3.27. The number of ether oxygens (including phenoxy) is 2. The zero-order valence-electron chi connectivity index (χ0n) is 11.9. The summed E-state index contributed by atoms with van der Waals surface area (Å²) in [5.74, 6) is 0.359. The first-order valence-electron chi connectivity index (χ1n) is 6.48. The molecule has 0 N–H and O–H groups in total. The highest BCUT2D eigenvalue weighted by Gasteiger charge is 2.18. The van der Waals surface area contributed by atoms with Crippen LogP contribution in [0, 0.1) is 0 Å². The van der Waals surface area contributed by atoms with E-state index in [2.05, 4.69) is 25.8 Å². The molecule has 0 amide bonds. The lowest BCUT2D eigenvalue weighted by Crippen LogP contribution is -2.39. The van der Waals surface area contributed by atoms with Crippen LogP contribution >= 0.6 is 27.5 Å². The van der Waals surface area contributed by atoms with E-state index in [1.807, 2.05) is 6.92 Å². The Morgan fingerprint density at radius 2 is 2.10 bits per heavy atom. The molecule has 1 aromatic carbocycles. The van der Waals surface area contributed by atoms with E-state index in [1.165, 1.54) is 7.11 Å². The predicted octanol–water partition coefficient (Wildman–Crippen LogP) is 3.27. The molecule has 0 saturated carbocycles. The Kier molecular flexibility index (Phi) is 5.61. The maximum atomic E-state index is 11.9. The number of carbonyl (C=O) groups excluding carboxylic acids is 1. The minimum absolute atomic E-state index is 0.337. The van der Waals surface area contributed by atoms with Crippen LogP contribution in [-0.4, -0.2) is 50.1 Å². The summed E-state index contributed by atoms with van der Waals surface area (Å²) in [5.41, 5.74) is 0.861. The largest absolute Gasteiger partial charge is 0.465 e. The highest BCUT2D eigenvalue weighted by molar-refractivity contribution is 9.10. The Labute approximate surface area is 137 Å². The molecule has 5 nitrogen and oxygen atoms in total. The monoisotopic (exact) mass is 374 g/mol. The molecule has 0 spiro atoms. The van der Waals surface area contributed by atoms with Gasteiger partial charge in [0.15, 0.2) is 0 Å². The second-order valence-corrected chi connectivity index (χ2v) is 5.82. The topological polar surface area (TPSA) is 51.1 Å². The molecule has 0 atom stereocenters. The summed E-state index contributed by atoms with van der Waals surface area (Å²) in [4.78, 5) is 18.6. The van der Waals surface area contributed by atoms with Crippen molar-refractivity contribution in [1.82, 2.24) is 4.90 Å². The number of benzene rings is 1. The van der Waals surface area contributed by atoms with Gasteiger partial charge < -0.3 is 14.4 Å². The number of hydrogen-bond donors (Lipinski definition) is 0. The van der Waals surface area contributed by atoms with Gasteiger partial charge in [-0.2, -0.15) is 0 Å². The zero-order valence-corrected chi connectivity index (χ0v) is 14.2. The van der Waals surface area contributed by atoms with Crippen molar-refractivity contribution in [3.05, 3.63) is 27.2 Å². The number of morpholine rings is 1. The molecule has 0 radical (unpaired) electrons. The SMILES string of the molecule is COC(=O)c1cc(Cl)cc(Br)c1N=C(C)N1CCOCC1. The van der Waals surface area contributed by atoms with Gasteiger partial charge in [-0.15, -0.1) is 0 Å². The smallest absolute Gasteiger partial charge is 0.340 e. The van der Waals surface area contributed by atoms with E-state index in [0.717, 1.165) is 18.9 Å². The Balaban J connectivity index is 2.39. The molecule has 2 rings (SSSR count). The minimum Gasteiger partial charge on any atom is -0.465 e. The molecule has 21 heavy (non-hydrogen) atoms. The number of amidine groups is 1. The van der Waals surface area contributed by atoms with Gasteiger partial charge in [0.25, 0.3) is 0 Å². The summed E-state index contributed by atoms with van der Waals surface area (Å²) in [7, 11) is 1.33. The number of aliphatic imine (C=N–C) groups is 1. The molecule has 0 unspecified atom stereocenters. The van der Waals surface area contributed by atoms with E-state index >= 15 is 0 Å². The van der Waals surface area contributed by atoms with Gasteiger partial charge in [-0.05, 0) is 35.0 Å². The van der Waals surface area contributed by atoms with Crippen molar-refractivity contribution in [1.29, 1.82) is 0 Å². The standard InChI is InChI=1S/C14H16BrClN2O3/c1-9(18-3-5-21-6-4-18)17-13-11(14(19)20-2)7-10(16)8-12(13)15/h7-8H,3-6H2,1-2H3. The maximum absolute atomic E-state index is 11.9. The summed E-state index contributed by atoms with van der Waals surface area (Å²) in [6.07, 6.45) is 0. The fraction of sp³-hybridized carbons (Fsp3) is 0.429. The molecule has 1 fully saturated rings. The Bertz CT molecular complexity index is 572. The highest BCUT2D eigenvalue weighted by atomic mass is 79.9. The molecular weight excluding hydrogens is 360 g/mol. The van der Waals surface area contributed by atoms with E-state index in [1.54, 1.807) is 12.1 Å². The third-order valence-electron chi connectivity index (χ3n) is 3.18. The van der Waals surface area contributed by atoms with Crippen molar-refractivity contribution in [2.24, 2.45) is 4.99 Å². The van der Waals surface area contributed by atoms with Gasteiger partial charge in [0.05, 0.1) is 31.6 Å². The molecule has 1 saturated heterocycles. The van der Waals surface area contributed by atoms with Crippen LogP contribution in [-0.2, 0) is 9.47 Å². The normalized spacial score (nSPS) is 16.0. The van der Waals surface area contributed by atoms with E-state index in [0.29, 0.717) is 34.0 Å². The van der Waals surface area contributed by atoms with E-state index in [4.69, 9.17) is 21.1 Å². The number of rotatable bonds is 2. The quantitative estimate of drug-likeness (QED) is 0.452. The molecule has 0 aromatic heterocycles. The van der Waals surface area contributed by atoms with Gasteiger partial charge in [0.2, 0.25) is 0 Å². The third-order valence-corrected chi connectivity index (χ3v) is 4.00. The van der Waals surface area contributed by atoms with Gasteiger partial charge in [-0.25, -0.2) is 9.79 Å². The molecule has 1 aliphatic heterocycles. The average molecular weight is 376 g/mol. The summed E-state index contributed by atoms with van der Waals surface area (Å²) >= 11 is 9.40. The number of carbonyl (C=O) groups is 1. The van der Waals surface area contributed by atoms with E-state index < -0.39 is 5.97 Å². The molecule has 0 bridgehead atoms. The van der Waals surface area contributed by atoms with E-state index in [-0.39, 0.29) is 0 Å². The second-order valence-electron chi connectivity index (χ2n) is 4.53. The molecule has 114 valence electrons. The lowest BCUT2D eigenvalue weighted by Gasteiger charge is -2.28. The molecule has 7 heteroatoms. The van der Waals surface area contributed by atoms with Crippen molar-refractivity contribution in [2.75, 3.05) is 33.4 Å². The fourth-order valence-corrected chi connectivity index (χ4v) is 2.96. The number of methoxy groups -OCH3 is 1. The lowest BCUT2D eigenvalue weighted by molar-refractivity contribution is 0.0601. The van der Waals surface area contributed by atoms with Crippen molar-refractivity contribution < 1.29 is 14.3 Å². The zero-order chi connectivity index (χ0) is 15.4. The van der Waals surface area contributed by atoms with Crippen LogP contribution in [0.15, 0.2) is 21.6 Å². The predicted molar refractivity (Wildman–Crippen MR) is 85.7 cm³/mol. The third kappa shape index (κ3) is 3.96. The number of nitrogens with zero attached hydrogens (tertiary/aromatic N) is 2. The Morgan fingerprint density at radius 1 is 1.43 bits per heavy atom. The highest BCUT2D eigenvalue weighted by Crippen LogP contribution is 2.33. The first-order chi connectivity index (χ1) is 10.0. The van der Waals surface area contributed by atoms with Gasteiger partial charge in [0.1, 0.15) is 5.84 Å². The summed E-state index contributed by atoms with van der Waals surface area (Å²) in [6.45, 7) is 4.84.